The molecule has 0 fully saturated rings. The van der Waals surface area contributed by atoms with Crippen molar-refractivity contribution in [3.05, 3.63) is 35.9 Å². The van der Waals surface area contributed by atoms with Gasteiger partial charge in [-0.25, -0.2) is 13.1 Å². The van der Waals surface area contributed by atoms with E-state index in [9.17, 15) is 13.2 Å². The molecule has 1 rings (SSSR count). The van der Waals surface area contributed by atoms with Gasteiger partial charge in [0.25, 0.3) is 0 Å². The van der Waals surface area contributed by atoms with E-state index in [-0.39, 0.29) is 5.75 Å². The van der Waals surface area contributed by atoms with Crippen LogP contribution in [0.4, 0.5) is 0 Å². The van der Waals surface area contributed by atoms with Gasteiger partial charge in [-0.15, -0.1) is 0 Å². The number of nitrogens with one attached hydrogen (secondary N) is 1. The molecular weight excluding hydrogens is 228 g/mol. The molecule has 0 aliphatic heterocycles. The first-order valence-electron chi connectivity index (χ1n) is 4.74. The number of carbonyl (C=O) groups excluding carboxylic acids is 1. The van der Waals surface area contributed by atoms with Gasteiger partial charge >= 0.3 is 0 Å². The van der Waals surface area contributed by atoms with Crippen molar-refractivity contribution >= 4 is 15.9 Å². The predicted octanol–water partition coefficient (Wildman–Crippen LogP) is -0.0202. The third kappa shape index (κ3) is 4.00. The Balaban J connectivity index is 2.70. The monoisotopic (exact) mass is 242 g/mol. The van der Waals surface area contributed by atoms with Gasteiger partial charge in [0.2, 0.25) is 15.9 Å². The Labute approximate surface area is 94.7 Å². The summed E-state index contributed by atoms with van der Waals surface area (Å²) in [4.78, 5) is 10.7. The molecule has 1 aromatic rings. The van der Waals surface area contributed by atoms with Crippen molar-refractivity contribution in [1.82, 2.24) is 4.72 Å². The largest absolute Gasteiger partial charge is 0.368 e. The smallest absolute Gasteiger partial charge is 0.235 e. The zero-order valence-corrected chi connectivity index (χ0v) is 9.70. The molecule has 0 spiro atoms. The number of sulfonamides is 1. The lowest BCUT2D eigenvalue weighted by atomic mass is 10.2. The lowest BCUT2D eigenvalue weighted by molar-refractivity contribution is -0.119. The summed E-state index contributed by atoms with van der Waals surface area (Å²) in [7, 11) is -3.53. The molecule has 6 heteroatoms. The molecular formula is C10H14N2O3S. The van der Waals surface area contributed by atoms with E-state index in [0.717, 1.165) is 0 Å². The van der Waals surface area contributed by atoms with E-state index in [4.69, 9.17) is 5.73 Å². The third-order valence-electron chi connectivity index (χ3n) is 1.98. The fourth-order valence-electron chi connectivity index (χ4n) is 1.16. The number of hydrogen-bond acceptors (Lipinski definition) is 3. The minimum Gasteiger partial charge on any atom is -0.368 e. The van der Waals surface area contributed by atoms with Gasteiger partial charge in [-0.1, -0.05) is 30.3 Å². The molecule has 88 valence electrons. The number of primary amides is 1. The van der Waals surface area contributed by atoms with Crippen LogP contribution in [0.1, 0.15) is 12.5 Å². The average Bonchev–Trinajstić information content (AvgIpc) is 2.17. The van der Waals surface area contributed by atoms with Crippen molar-refractivity contribution in [2.75, 3.05) is 0 Å². The van der Waals surface area contributed by atoms with Crippen molar-refractivity contribution in [3.63, 3.8) is 0 Å². The minimum atomic E-state index is -3.53. The van der Waals surface area contributed by atoms with Crippen molar-refractivity contribution in [1.29, 1.82) is 0 Å². The van der Waals surface area contributed by atoms with Gasteiger partial charge in [0.05, 0.1) is 11.8 Å². The van der Waals surface area contributed by atoms with Crippen LogP contribution in [0, 0.1) is 0 Å². The number of nitrogens with two attached hydrogens (primary N) is 1. The SMILES string of the molecule is CC(NS(=O)(=O)Cc1ccccc1)C(N)=O. The van der Waals surface area contributed by atoms with E-state index in [1.165, 1.54) is 6.92 Å². The second-order valence-electron chi connectivity index (χ2n) is 3.49. The number of hydrogen-bond donors (Lipinski definition) is 2. The maximum atomic E-state index is 11.6. The molecule has 0 radical (unpaired) electrons. The highest BCUT2D eigenvalue weighted by molar-refractivity contribution is 7.88. The van der Waals surface area contributed by atoms with Gasteiger partial charge in [-0.05, 0) is 12.5 Å². The number of rotatable bonds is 5. The summed E-state index contributed by atoms with van der Waals surface area (Å²) in [6.45, 7) is 1.41. The van der Waals surface area contributed by atoms with Crippen LogP contribution in [-0.4, -0.2) is 20.4 Å². The van der Waals surface area contributed by atoms with Crippen LogP contribution in [0.3, 0.4) is 0 Å². The zero-order chi connectivity index (χ0) is 12.2. The van der Waals surface area contributed by atoms with E-state index in [1.54, 1.807) is 30.3 Å². The standard InChI is InChI=1S/C10H14N2O3S/c1-8(10(11)13)12-16(14,15)7-9-5-3-2-4-6-9/h2-6,8,12H,7H2,1H3,(H2,11,13). The van der Waals surface area contributed by atoms with Crippen LogP contribution < -0.4 is 10.5 Å². The molecule has 16 heavy (non-hydrogen) atoms. The quantitative estimate of drug-likeness (QED) is 0.760. The summed E-state index contributed by atoms with van der Waals surface area (Å²) in [5.74, 6) is -0.859. The molecule has 0 aliphatic rings. The topological polar surface area (TPSA) is 89.3 Å². The lowest BCUT2D eigenvalue weighted by Crippen LogP contribution is -2.42. The zero-order valence-electron chi connectivity index (χ0n) is 8.88. The van der Waals surface area contributed by atoms with E-state index in [2.05, 4.69) is 4.72 Å². The summed E-state index contributed by atoms with van der Waals surface area (Å²) < 4.78 is 25.4. The molecule has 1 atom stereocenters. The molecule has 3 N–H and O–H groups in total. The van der Waals surface area contributed by atoms with Crippen LogP contribution in [0.2, 0.25) is 0 Å². The highest BCUT2D eigenvalue weighted by Crippen LogP contribution is 2.04. The predicted molar refractivity (Wildman–Crippen MR) is 60.9 cm³/mol. The van der Waals surface area contributed by atoms with Crippen molar-refractivity contribution in [3.8, 4) is 0 Å². The first-order chi connectivity index (χ1) is 7.41. The summed E-state index contributed by atoms with van der Waals surface area (Å²) in [5, 5.41) is 0. The molecule has 0 aromatic heterocycles. The van der Waals surface area contributed by atoms with Gasteiger partial charge in [-0.3, -0.25) is 4.79 Å². The average molecular weight is 242 g/mol. The van der Waals surface area contributed by atoms with Gasteiger partial charge in [0, 0.05) is 0 Å². The maximum Gasteiger partial charge on any atom is 0.235 e. The number of amides is 1. The first-order valence-corrected chi connectivity index (χ1v) is 6.39. The van der Waals surface area contributed by atoms with Gasteiger partial charge in [-0.2, -0.15) is 0 Å². The van der Waals surface area contributed by atoms with E-state index >= 15 is 0 Å². The number of benzene rings is 1. The van der Waals surface area contributed by atoms with Crippen molar-refractivity contribution in [2.45, 2.75) is 18.7 Å². The van der Waals surface area contributed by atoms with Crippen LogP contribution in [-0.2, 0) is 20.6 Å². The van der Waals surface area contributed by atoms with Crippen molar-refractivity contribution < 1.29 is 13.2 Å². The van der Waals surface area contributed by atoms with Crippen LogP contribution in [0.15, 0.2) is 30.3 Å². The molecule has 1 aromatic carbocycles. The van der Waals surface area contributed by atoms with E-state index in [0.29, 0.717) is 5.56 Å². The van der Waals surface area contributed by atoms with Crippen LogP contribution in [0.5, 0.6) is 0 Å². The van der Waals surface area contributed by atoms with Gasteiger partial charge in [0.1, 0.15) is 0 Å². The third-order valence-corrected chi connectivity index (χ3v) is 3.41. The molecule has 5 nitrogen and oxygen atoms in total. The normalized spacial score (nSPS) is 13.3. The maximum absolute atomic E-state index is 11.6. The van der Waals surface area contributed by atoms with E-state index in [1.807, 2.05) is 0 Å². The van der Waals surface area contributed by atoms with Crippen molar-refractivity contribution in [2.24, 2.45) is 5.73 Å². The van der Waals surface area contributed by atoms with Crippen LogP contribution >= 0.6 is 0 Å². The molecule has 0 heterocycles. The summed E-state index contributed by atoms with van der Waals surface area (Å²) in [6, 6.07) is 7.82. The van der Waals surface area contributed by atoms with Crippen LogP contribution in [0.25, 0.3) is 0 Å². The Morgan fingerprint density at radius 3 is 2.44 bits per heavy atom. The Morgan fingerprint density at radius 1 is 1.38 bits per heavy atom. The van der Waals surface area contributed by atoms with Gasteiger partial charge in [0.15, 0.2) is 0 Å². The fraction of sp³-hybridized carbons (Fsp3) is 0.300. The molecule has 1 unspecified atom stereocenters. The highest BCUT2D eigenvalue weighted by Gasteiger charge is 2.18. The highest BCUT2D eigenvalue weighted by atomic mass is 32.2. The molecule has 0 aliphatic carbocycles. The second kappa shape index (κ2) is 5.09. The minimum absolute atomic E-state index is 0.161. The van der Waals surface area contributed by atoms with E-state index < -0.39 is 22.0 Å². The number of carbonyl (C=O) groups is 1. The molecule has 1 amide bonds. The lowest BCUT2D eigenvalue weighted by Gasteiger charge is -2.10. The van der Waals surface area contributed by atoms with Gasteiger partial charge < -0.3 is 5.73 Å². The second-order valence-corrected chi connectivity index (χ2v) is 5.24. The fourth-order valence-corrected chi connectivity index (χ4v) is 2.53. The summed E-state index contributed by atoms with van der Waals surface area (Å²) in [6.07, 6.45) is 0. The molecule has 0 saturated heterocycles. The molecule has 0 bridgehead atoms. The molecule has 0 saturated carbocycles. The first kappa shape index (κ1) is 12.7. The Kier molecular flexibility index (Phi) is 4.03. The Hall–Kier alpha value is -1.40. The Bertz CT molecular complexity index is 456. The summed E-state index contributed by atoms with van der Waals surface area (Å²) >= 11 is 0. The Morgan fingerprint density at radius 2 is 1.94 bits per heavy atom. The summed E-state index contributed by atoms with van der Waals surface area (Å²) in [5.41, 5.74) is 5.63.